The van der Waals surface area contributed by atoms with Gasteiger partial charge in [0.15, 0.2) is 0 Å². The van der Waals surface area contributed by atoms with Crippen molar-refractivity contribution in [2.75, 3.05) is 5.75 Å². The van der Waals surface area contributed by atoms with Crippen LogP contribution in [0.25, 0.3) is 0 Å². The summed E-state index contributed by atoms with van der Waals surface area (Å²) in [4.78, 5) is 0. The fourth-order valence-corrected chi connectivity index (χ4v) is 3.62. The van der Waals surface area contributed by atoms with Crippen molar-refractivity contribution in [3.8, 4) is 0 Å². The van der Waals surface area contributed by atoms with Crippen LogP contribution >= 0.6 is 0 Å². The minimum absolute atomic E-state index is 0.0808. The van der Waals surface area contributed by atoms with Gasteiger partial charge < -0.3 is 0 Å². The normalized spacial score (nSPS) is 17.7. The third-order valence-corrected chi connectivity index (χ3v) is 4.43. The Morgan fingerprint density at radius 1 is 1.50 bits per heavy atom. The Morgan fingerprint density at radius 3 is 2.43 bits per heavy atom. The average molecular weight is 217 g/mol. The maximum atomic E-state index is 11.9. The molecule has 0 aromatic rings. The van der Waals surface area contributed by atoms with Gasteiger partial charge in [0, 0.05) is 12.1 Å². The van der Waals surface area contributed by atoms with Crippen LogP contribution in [0.3, 0.4) is 0 Å². The summed E-state index contributed by atoms with van der Waals surface area (Å²) >= 11 is 0. The van der Waals surface area contributed by atoms with E-state index in [0.29, 0.717) is 6.42 Å². The Labute approximate surface area is 86.8 Å². The van der Waals surface area contributed by atoms with Gasteiger partial charge in [-0.2, -0.15) is 4.31 Å². The van der Waals surface area contributed by atoms with Crippen LogP contribution in [0.5, 0.6) is 0 Å². The Morgan fingerprint density at radius 2 is 2.07 bits per heavy atom. The predicted molar refractivity (Wildman–Crippen MR) is 58.6 cm³/mol. The van der Waals surface area contributed by atoms with E-state index in [1.807, 2.05) is 13.8 Å². The van der Waals surface area contributed by atoms with E-state index >= 15 is 0 Å². The lowest BCUT2D eigenvalue weighted by Gasteiger charge is -2.25. The summed E-state index contributed by atoms with van der Waals surface area (Å²) in [5.41, 5.74) is 0. The summed E-state index contributed by atoms with van der Waals surface area (Å²) in [5.74, 6) is 0.200. The highest BCUT2D eigenvalue weighted by molar-refractivity contribution is 7.89. The molecule has 0 N–H and O–H groups in total. The molecule has 0 heterocycles. The number of sulfonamides is 1. The van der Waals surface area contributed by atoms with Crippen LogP contribution in [0.1, 0.15) is 33.1 Å². The molecule has 0 aromatic carbocycles. The van der Waals surface area contributed by atoms with E-state index in [1.54, 1.807) is 10.4 Å². The van der Waals surface area contributed by atoms with E-state index in [9.17, 15) is 8.42 Å². The molecular weight excluding hydrogens is 198 g/mol. The largest absolute Gasteiger partial charge is 0.214 e. The average Bonchev–Trinajstić information content (AvgIpc) is 2.84. The van der Waals surface area contributed by atoms with Crippen LogP contribution in [0, 0.1) is 0 Å². The molecule has 0 spiro atoms. The van der Waals surface area contributed by atoms with Gasteiger partial charge in [0.2, 0.25) is 10.0 Å². The maximum absolute atomic E-state index is 11.9. The summed E-state index contributed by atoms with van der Waals surface area (Å²) in [6, 6.07) is 0.349. The molecule has 82 valence electrons. The highest BCUT2D eigenvalue weighted by atomic mass is 32.2. The van der Waals surface area contributed by atoms with Crippen molar-refractivity contribution in [1.29, 1.82) is 0 Å². The van der Waals surface area contributed by atoms with Crippen molar-refractivity contribution >= 4 is 10.0 Å². The van der Waals surface area contributed by atoms with Crippen LogP contribution in [-0.4, -0.2) is 30.6 Å². The van der Waals surface area contributed by atoms with Gasteiger partial charge in [-0.3, -0.25) is 0 Å². The molecule has 0 radical (unpaired) electrons. The second-order valence-electron chi connectivity index (χ2n) is 4.05. The van der Waals surface area contributed by atoms with Crippen molar-refractivity contribution < 1.29 is 8.42 Å². The third kappa shape index (κ3) is 2.82. The SMILES string of the molecule is C=CCCS(=O)(=O)N(C(C)C)C1CC1. The quantitative estimate of drug-likeness (QED) is 0.636. The first kappa shape index (κ1) is 11.7. The Balaban J connectivity index is 2.70. The highest BCUT2D eigenvalue weighted by Crippen LogP contribution is 2.31. The minimum atomic E-state index is -3.06. The standard InChI is InChI=1S/C10H19NO2S/c1-4-5-8-14(12,13)11(9(2)3)10-6-7-10/h4,9-10H,1,5-8H2,2-3H3. The van der Waals surface area contributed by atoms with Crippen LogP contribution in [0.2, 0.25) is 0 Å². The summed E-state index contributed by atoms with van der Waals surface area (Å²) in [6.07, 6.45) is 4.23. The molecule has 0 aromatic heterocycles. The van der Waals surface area contributed by atoms with Crippen LogP contribution in [0.4, 0.5) is 0 Å². The molecule has 14 heavy (non-hydrogen) atoms. The van der Waals surface area contributed by atoms with E-state index in [4.69, 9.17) is 0 Å². The van der Waals surface area contributed by atoms with Crippen LogP contribution in [-0.2, 0) is 10.0 Å². The monoisotopic (exact) mass is 217 g/mol. The molecular formula is C10H19NO2S. The van der Waals surface area contributed by atoms with Crippen molar-refractivity contribution in [3.63, 3.8) is 0 Å². The fourth-order valence-electron chi connectivity index (χ4n) is 1.64. The molecule has 0 atom stereocenters. The Hall–Kier alpha value is -0.350. The van der Waals surface area contributed by atoms with Gasteiger partial charge in [0.1, 0.15) is 0 Å². The zero-order valence-electron chi connectivity index (χ0n) is 8.94. The topological polar surface area (TPSA) is 37.4 Å². The zero-order chi connectivity index (χ0) is 10.8. The molecule has 1 fully saturated rings. The number of rotatable bonds is 6. The van der Waals surface area contributed by atoms with Crippen LogP contribution < -0.4 is 0 Å². The molecule has 1 rings (SSSR count). The number of hydrogen-bond acceptors (Lipinski definition) is 2. The Bertz CT molecular complexity index is 289. The number of allylic oxidation sites excluding steroid dienone is 1. The zero-order valence-corrected chi connectivity index (χ0v) is 9.76. The number of nitrogens with zero attached hydrogens (tertiary/aromatic N) is 1. The molecule has 0 amide bonds. The minimum Gasteiger partial charge on any atom is -0.212 e. The van der Waals surface area contributed by atoms with Gasteiger partial charge in [-0.05, 0) is 33.1 Å². The summed E-state index contributed by atoms with van der Waals surface area (Å²) in [7, 11) is -3.06. The summed E-state index contributed by atoms with van der Waals surface area (Å²) in [5, 5.41) is 0. The summed E-state index contributed by atoms with van der Waals surface area (Å²) < 4.78 is 25.4. The van der Waals surface area contributed by atoms with Crippen molar-refractivity contribution in [2.45, 2.75) is 45.2 Å². The van der Waals surface area contributed by atoms with Gasteiger partial charge >= 0.3 is 0 Å². The Kier molecular flexibility index (Phi) is 3.72. The second-order valence-corrected chi connectivity index (χ2v) is 6.04. The highest BCUT2D eigenvalue weighted by Gasteiger charge is 2.38. The first-order valence-electron chi connectivity index (χ1n) is 5.11. The van der Waals surface area contributed by atoms with E-state index in [-0.39, 0.29) is 17.8 Å². The molecule has 0 aliphatic heterocycles. The molecule has 1 aliphatic rings. The lowest BCUT2D eigenvalue weighted by Crippen LogP contribution is -2.40. The lowest BCUT2D eigenvalue weighted by atomic mass is 10.4. The molecule has 3 nitrogen and oxygen atoms in total. The molecule has 0 saturated heterocycles. The first-order valence-corrected chi connectivity index (χ1v) is 6.72. The van der Waals surface area contributed by atoms with E-state index in [1.165, 1.54) is 0 Å². The third-order valence-electron chi connectivity index (χ3n) is 2.32. The van der Waals surface area contributed by atoms with E-state index in [0.717, 1.165) is 12.8 Å². The van der Waals surface area contributed by atoms with Gasteiger partial charge in [0.25, 0.3) is 0 Å². The van der Waals surface area contributed by atoms with Crippen molar-refractivity contribution in [1.82, 2.24) is 4.31 Å². The molecule has 1 saturated carbocycles. The van der Waals surface area contributed by atoms with Gasteiger partial charge in [-0.1, -0.05) is 6.08 Å². The maximum Gasteiger partial charge on any atom is 0.214 e. The lowest BCUT2D eigenvalue weighted by molar-refractivity contribution is 0.346. The van der Waals surface area contributed by atoms with E-state index in [2.05, 4.69) is 6.58 Å². The first-order chi connectivity index (χ1) is 6.49. The smallest absolute Gasteiger partial charge is 0.212 e. The van der Waals surface area contributed by atoms with Gasteiger partial charge in [-0.15, -0.1) is 6.58 Å². The fraction of sp³-hybridized carbons (Fsp3) is 0.800. The molecule has 0 bridgehead atoms. The molecule has 1 aliphatic carbocycles. The molecule has 0 unspecified atom stereocenters. The van der Waals surface area contributed by atoms with Gasteiger partial charge in [-0.25, -0.2) is 8.42 Å². The van der Waals surface area contributed by atoms with Crippen LogP contribution in [0.15, 0.2) is 12.7 Å². The predicted octanol–water partition coefficient (Wildman–Crippen LogP) is 1.77. The van der Waals surface area contributed by atoms with Gasteiger partial charge in [0.05, 0.1) is 5.75 Å². The summed E-state index contributed by atoms with van der Waals surface area (Å²) in [6.45, 7) is 7.41. The van der Waals surface area contributed by atoms with E-state index < -0.39 is 10.0 Å². The van der Waals surface area contributed by atoms with Crippen molar-refractivity contribution in [2.24, 2.45) is 0 Å². The van der Waals surface area contributed by atoms with Crippen molar-refractivity contribution in [3.05, 3.63) is 12.7 Å². The second kappa shape index (κ2) is 4.45. The molecule has 4 heteroatoms. The number of hydrogen-bond donors (Lipinski definition) is 0.